The van der Waals surface area contributed by atoms with Gasteiger partial charge in [0.25, 0.3) is 0 Å². The second kappa shape index (κ2) is 5.40. The number of hydrogen-bond acceptors (Lipinski definition) is 3. The summed E-state index contributed by atoms with van der Waals surface area (Å²) in [7, 11) is 4.09. The third-order valence-corrected chi connectivity index (χ3v) is 3.96. The molecule has 0 amide bonds. The van der Waals surface area contributed by atoms with Gasteiger partial charge in [-0.3, -0.25) is 0 Å². The monoisotopic (exact) mass is 261 g/mol. The van der Waals surface area contributed by atoms with Crippen LogP contribution >= 0.6 is 0 Å². The minimum absolute atomic E-state index is 0.440. The Hall–Kier alpha value is -1.25. The predicted molar refractivity (Wildman–Crippen MR) is 82.8 cm³/mol. The van der Waals surface area contributed by atoms with Crippen LogP contribution in [0.4, 0.5) is 11.5 Å². The van der Waals surface area contributed by atoms with Crippen molar-refractivity contribution in [2.24, 2.45) is 11.3 Å². The number of anilines is 2. The van der Waals surface area contributed by atoms with E-state index >= 15 is 0 Å². The Morgan fingerprint density at radius 3 is 2.68 bits per heavy atom. The van der Waals surface area contributed by atoms with Crippen molar-refractivity contribution in [3.8, 4) is 0 Å². The van der Waals surface area contributed by atoms with Crippen LogP contribution < -0.4 is 10.2 Å². The Bertz CT molecular complexity index is 426. The van der Waals surface area contributed by atoms with E-state index in [0.717, 1.165) is 17.4 Å². The molecule has 1 heterocycles. The van der Waals surface area contributed by atoms with Crippen LogP contribution in [0.15, 0.2) is 18.3 Å². The van der Waals surface area contributed by atoms with Gasteiger partial charge in [0.15, 0.2) is 5.82 Å². The highest BCUT2D eigenvalue weighted by Crippen LogP contribution is 2.40. The molecule has 0 aromatic carbocycles. The lowest BCUT2D eigenvalue weighted by Crippen LogP contribution is -2.35. The summed E-state index contributed by atoms with van der Waals surface area (Å²) in [5.74, 6) is 1.82. The number of hydrogen-bond donors (Lipinski definition) is 1. The third-order valence-electron chi connectivity index (χ3n) is 3.96. The highest BCUT2D eigenvalue weighted by atomic mass is 15.2. The van der Waals surface area contributed by atoms with Crippen LogP contribution in [0.3, 0.4) is 0 Å². The molecule has 0 radical (unpaired) electrons. The number of rotatable bonds is 3. The molecular formula is C16H27N3. The van der Waals surface area contributed by atoms with Gasteiger partial charge in [-0.15, -0.1) is 0 Å². The summed E-state index contributed by atoms with van der Waals surface area (Å²) in [5.41, 5.74) is 1.60. The third kappa shape index (κ3) is 3.62. The molecule has 1 aliphatic carbocycles. The lowest BCUT2D eigenvalue weighted by atomic mass is 9.70. The second-order valence-corrected chi connectivity index (χ2v) is 7.02. The molecule has 0 saturated heterocycles. The minimum Gasteiger partial charge on any atom is -0.379 e. The van der Waals surface area contributed by atoms with Gasteiger partial charge in [0.2, 0.25) is 0 Å². The quantitative estimate of drug-likeness (QED) is 0.897. The molecule has 1 fully saturated rings. The van der Waals surface area contributed by atoms with Gasteiger partial charge in [0, 0.05) is 26.3 Å². The molecule has 1 N–H and O–H groups in total. The Kier molecular flexibility index (Phi) is 4.02. The largest absolute Gasteiger partial charge is 0.379 e. The molecule has 2 unspecified atom stereocenters. The zero-order valence-electron chi connectivity index (χ0n) is 12.9. The van der Waals surface area contributed by atoms with Crippen LogP contribution in [0.1, 0.15) is 40.0 Å². The fraction of sp³-hybridized carbons (Fsp3) is 0.688. The molecule has 3 heteroatoms. The molecule has 106 valence electrons. The van der Waals surface area contributed by atoms with Crippen LogP contribution in [0.5, 0.6) is 0 Å². The second-order valence-electron chi connectivity index (χ2n) is 7.02. The van der Waals surface area contributed by atoms with E-state index in [0.29, 0.717) is 11.5 Å². The summed E-state index contributed by atoms with van der Waals surface area (Å²) in [6, 6.07) is 4.70. The molecule has 1 aromatic rings. The van der Waals surface area contributed by atoms with Gasteiger partial charge < -0.3 is 10.2 Å². The van der Waals surface area contributed by atoms with E-state index in [9.17, 15) is 0 Å². The van der Waals surface area contributed by atoms with E-state index in [1.807, 2.05) is 26.4 Å². The first-order valence-corrected chi connectivity index (χ1v) is 7.26. The van der Waals surface area contributed by atoms with Gasteiger partial charge >= 0.3 is 0 Å². The standard InChI is InChI=1S/C16H27N3/c1-12-9-13(11-16(2,3)10-12)18-14-7-6-8-17-15(14)19(4)5/h6-8,12-13,18H,9-11H2,1-5H3. The average Bonchev–Trinajstić information content (AvgIpc) is 2.26. The minimum atomic E-state index is 0.440. The van der Waals surface area contributed by atoms with E-state index in [1.54, 1.807) is 0 Å². The SMILES string of the molecule is CC1CC(Nc2cccnc2N(C)C)CC(C)(C)C1. The van der Waals surface area contributed by atoms with Crippen LogP contribution in [0.25, 0.3) is 0 Å². The van der Waals surface area contributed by atoms with Gasteiger partial charge in [0.05, 0.1) is 5.69 Å². The van der Waals surface area contributed by atoms with Crippen molar-refractivity contribution in [3.63, 3.8) is 0 Å². The molecule has 2 rings (SSSR count). The average molecular weight is 261 g/mol. The van der Waals surface area contributed by atoms with Crippen molar-refractivity contribution in [1.82, 2.24) is 4.98 Å². The Morgan fingerprint density at radius 1 is 1.32 bits per heavy atom. The topological polar surface area (TPSA) is 28.2 Å². The van der Waals surface area contributed by atoms with Crippen molar-refractivity contribution in [2.45, 2.75) is 46.1 Å². The summed E-state index contributed by atoms with van der Waals surface area (Å²) < 4.78 is 0. The molecule has 3 nitrogen and oxygen atoms in total. The Morgan fingerprint density at radius 2 is 2.05 bits per heavy atom. The number of nitrogens with one attached hydrogen (secondary N) is 1. The lowest BCUT2D eigenvalue weighted by molar-refractivity contribution is 0.178. The van der Waals surface area contributed by atoms with E-state index in [2.05, 4.69) is 42.0 Å². The molecule has 1 aliphatic rings. The van der Waals surface area contributed by atoms with Crippen LogP contribution in [0, 0.1) is 11.3 Å². The molecule has 1 aromatic heterocycles. The first-order valence-electron chi connectivity index (χ1n) is 7.26. The Labute approximate surface area is 117 Å². The maximum atomic E-state index is 4.46. The normalized spacial score (nSPS) is 25.9. The van der Waals surface area contributed by atoms with Crippen molar-refractivity contribution in [3.05, 3.63) is 18.3 Å². The number of aromatic nitrogens is 1. The first kappa shape index (κ1) is 14.2. The number of nitrogens with zero attached hydrogens (tertiary/aromatic N) is 2. The number of pyridine rings is 1. The van der Waals surface area contributed by atoms with Crippen LogP contribution in [-0.2, 0) is 0 Å². The van der Waals surface area contributed by atoms with E-state index in [1.165, 1.54) is 19.3 Å². The molecule has 0 aliphatic heterocycles. The lowest BCUT2D eigenvalue weighted by Gasteiger charge is -2.40. The van der Waals surface area contributed by atoms with Gasteiger partial charge in [0.1, 0.15) is 0 Å². The molecule has 0 spiro atoms. The van der Waals surface area contributed by atoms with E-state index < -0.39 is 0 Å². The zero-order valence-corrected chi connectivity index (χ0v) is 12.9. The summed E-state index contributed by atoms with van der Waals surface area (Å²) in [5, 5.41) is 3.71. The smallest absolute Gasteiger partial charge is 0.151 e. The summed E-state index contributed by atoms with van der Waals surface area (Å²) in [6.07, 6.45) is 5.68. The Balaban J connectivity index is 2.13. The van der Waals surface area contributed by atoms with Crippen molar-refractivity contribution in [2.75, 3.05) is 24.3 Å². The zero-order chi connectivity index (χ0) is 14.0. The van der Waals surface area contributed by atoms with Crippen molar-refractivity contribution >= 4 is 11.5 Å². The maximum absolute atomic E-state index is 4.46. The predicted octanol–water partition coefficient (Wildman–Crippen LogP) is 3.77. The molecule has 1 saturated carbocycles. The van der Waals surface area contributed by atoms with Crippen molar-refractivity contribution in [1.29, 1.82) is 0 Å². The summed E-state index contributed by atoms with van der Waals surface area (Å²) >= 11 is 0. The highest BCUT2D eigenvalue weighted by molar-refractivity contribution is 5.65. The van der Waals surface area contributed by atoms with Crippen molar-refractivity contribution < 1.29 is 0 Å². The van der Waals surface area contributed by atoms with E-state index in [4.69, 9.17) is 0 Å². The molecular weight excluding hydrogens is 234 g/mol. The van der Waals surface area contributed by atoms with Gasteiger partial charge in [-0.05, 0) is 42.7 Å². The maximum Gasteiger partial charge on any atom is 0.151 e. The van der Waals surface area contributed by atoms with E-state index in [-0.39, 0.29) is 0 Å². The fourth-order valence-corrected chi connectivity index (χ4v) is 3.54. The molecule has 2 atom stereocenters. The van der Waals surface area contributed by atoms with Gasteiger partial charge in [-0.25, -0.2) is 4.98 Å². The van der Waals surface area contributed by atoms with Crippen LogP contribution in [-0.4, -0.2) is 25.1 Å². The fourth-order valence-electron chi connectivity index (χ4n) is 3.54. The molecule has 19 heavy (non-hydrogen) atoms. The summed E-state index contributed by atoms with van der Waals surface area (Å²) in [4.78, 5) is 6.53. The summed E-state index contributed by atoms with van der Waals surface area (Å²) in [6.45, 7) is 7.13. The van der Waals surface area contributed by atoms with Gasteiger partial charge in [-0.1, -0.05) is 20.8 Å². The molecule has 0 bridgehead atoms. The highest BCUT2D eigenvalue weighted by Gasteiger charge is 2.32. The van der Waals surface area contributed by atoms with Crippen LogP contribution in [0.2, 0.25) is 0 Å². The first-order chi connectivity index (χ1) is 8.87. The van der Waals surface area contributed by atoms with Gasteiger partial charge in [-0.2, -0.15) is 0 Å².